The third-order valence-corrected chi connectivity index (χ3v) is 2.40. The summed E-state index contributed by atoms with van der Waals surface area (Å²) in [6.07, 6.45) is 4.24. The van der Waals surface area contributed by atoms with Crippen LogP contribution >= 0.6 is 0 Å². The highest BCUT2D eigenvalue weighted by Gasteiger charge is 2.06. The molecular weight excluding hydrogens is 246 g/mol. The molecule has 5 nitrogen and oxygen atoms in total. The summed E-state index contributed by atoms with van der Waals surface area (Å²) in [4.78, 5) is 36.4. The van der Waals surface area contributed by atoms with Gasteiger partial charge in [-0.2, -0.15) is 0 Å². The molecule has 1 amide bonds. The first-order valence-corrected chi connectivity index (χ1v) is 6.64. The lowest BCUT2D eigenvalue weighted by Gasteiger charge is -2.12. The molecule has 0 aliphatic carbocycles. The van der Waals surface area contributed by atoms with Crippen LogP contribution in [0.4, 0.5) is 0 Å². The van der Waals surface area contributed by atoms with Crippen LogP contribution in [0.5, 0.6) is 0 Å². The minimum Gasteiger partial charge on any atom is -0.300 e. The van der Waals surface area contributed by atoms with Crippen LogP contribution in [0, 0.1) is 0 Å². The number of rotatable bonds is 8. The zero-order valence-electron chi connectivity index (χ0n) is 12.8. The fraction of sp³-hybridized carbons (Fsp3) is 0.786. The van der Waals surface area contributed by atoms with Gasteiger partial charge in [0, 0.05) is 26.3 Å². The number of hydrogen-bond donors (Lipinski definition) is 0. The number of amides is 1. The van der Waals surface area contributed by atoms with Gasteiger partial charge in [-0.25, -0.2) is 5.06 Å². The van der Waals surface area contributed by atoms with Crippen molar-refractivity contribution in [3.05, 3.63) is 0 Å². The Hall–Kier alpha value is -1.23. The number of hydrogen-bond acceptors (Lipinski definition) is 4. The molecule has 0 spiro atoms. The minimum atomic E-state index is -0.0500. The van der Waals surface area contributed by atoms with Gasteiger partial charge in [0.1, 0.15) is 11.6 Å². The van der Waals surface area contributed by atoms with Crippen LogP contribution in [-0.4, -0.2) is 36.7 Å². The van der Waals surface area contributed by atoms with Crippen LogP contribution < -0.4 is 0 Å². The number of ketones is 2. The molecular formula is C14H27NO4. The molecule has 0 saturated carbocycles. The van der Waals surface area contributed by atoms with E-state index in [-0.39, 0.29) is 17.5 Å². The summed E-state index contributed by atoms with van der Waals surface area (Å²) in [6, 6.07) is 0. The summed E-state index contributed by atoms with van der Waals surface area (Å²) in [5.41, 5.74) is 0. The SMILES string of the molecule is CCCC(C)=O.CON(C)C(=O)CCCCC(C)=O. The van der Waals surface area contributed by atoms with Crippen LogP contribution in [0.15, 0.2) is 0 Å². The van der Waals surface area contributed by atoms with Crippen LogP contribution in [-0.2, 0) is 19.2 Å². The Bertz CT molecular complexity index is 277. The van der Waals surface area contributed by atoms with Gasteiger partial charge in [-0.1, -0.05) is 6.92 Å². The van der Waals surface area contributed by atoms with Gasteiger partial charge in [-0.15, -0.1) is 0 Å². The lowest BCUT2D eigenvalue weighted by molar-refractivity contribution is -0.168. The van der Waals surface area contributed by atoms with Crippen LogP contribution in [0.2, 0.25) is 0 Å². The highest BCUT2D eigenvalue weighted by atomic mass is 16.7. The summed E-state index contributed by atoms with van der Waals surface area (Å²) in [5, 5.41) is 1.20. The molecule has 0 N–H and O–H groups in total. The van der Waals surface area contributed by atoms with E-state index in [1.165, 1.54) is 12.2 Å². The van der Waals surface area contributed by atoms with Crippen molar-refractivity contribution in [3.63, 3.8) is 0 Å². The quantitative estimate of drug-likeness (QED) is 0.503. The Kier molecular flexibility index (Phi) is 14.0. The fourth-order valence-corrected chi connectivity index (χ4v) is 1.26. The molecule has 0 heterocycles. The maximum atomic E-state index is 11.1. The third kappa shape index (κ3) is 16.8. The van der Waals surface area contributed by atoms with Crippen LogP contribution in [0.3, 0.4) is 0 Å². The molecule has 0 aliphatic rings. The van der Waals surface area contributed by atoms with Crippen molar-refractivity contribution in [2.45, 2.75) is 59.3 Å². The van der Waals surface area contributed by atoms with Crippen LogP contribution in [0.25, 0.3) is 0 Å². The van der Waals surface area contributed by atoms with Crippen molar-refractivity contribution in [1.82, 2.24) is 5.06 Å². The smallest absolute Gasteiger partial charge is 0.245 e. The molecule has 0 atom stereocenters. The molecule has 0 aliphatic heterocycles. The number of nitrogens with zero attached hydrogens (tertiary/aromatic N) is 1. The number of hydroxylamine groups is 2. The second kappa shape index (κ2) is 13.2. The van der Waals surface area contributed by atoms with Crippen molar-refractivity contribution >= 4 is 17.5 Å². The predicted molar refractivity (Wildman–Crippen MR) is 74.5 cm³/mol. The number of carbonyl (C=O) groups excluding carboxylic acids is 3. The Balaban J connectivity index is 0. The molecule has 0 rings (SSSR count). The van der Waals surface area contributed by atoms with Gasteiger partial charge >= 0.3 is 0 Å². The van der Waals surface area contributed by atoms with Crippen molar-refractivity contribution in [3.8, 4) is 0 Å². The molecule has 0 unspecified atom stereocenters. The first-order valence-electron chi connectivity index (χ1n) is 6.64. The summed E-state index contributed by atoms with van der Waals surface area (Å²) < 4.78 is 0. The van der Waals surface area contributed by atoms with Gasteiger partial charge in [0.25, 0.3) is 0 Å². The molecule has 0 saturated heterocycles. The van der Waals surface area contributed by atoms with E-state index in [4.69, 9.17) is 4.84 Å². The number of carbonyl (C=O) groups is 3. The molecule has 0 fully saturated rings. The molecule has 0 bridgehead atoms. The van der Waals surface area contributed by atoms with Gasteiger partial charge in [0.15, 0.2) is 0 Å². The summed E-state index contributed by atoms with van der Waals surface area (Å²) in [6.45, 7) is 5.17. The summed E-state index contributed by atoms with van der Waals surface area (Å²) in [5.74, 6) is 0.413. The van der Waals surface area contributed by atoms with E-state index in [0.717, 1.165) is 25.7 Å². The van der Waals surface area contributed by atoms with Gasteiger partial charge in [0.05, 0.1) is 7.11 Å². The maximum Gasteiger partial charge on any atom is 0.245 e. The molecule has 19 heavy (non-hydrogen) atoms. The Morgan fingerprint density at radius 3 is 1.74 bits per heavy atom. The Morgan fingerprint density at radius 1 is 0.947 bits per heavy atom. The Morgan fingerprint density at radius 2 is 1.42 bits per heavy atom. The van der Waals surface area contributed by atoms with Crippen molar-refractivity contribution in [2.24, 2.45) is 0 Å². The average molecular weight is 273 g/mol. The molecule has 0 aromatic heterocycles. The largest absolute Gasteiger partial charge is 0.300 e. The highest BCUT2D eigenvalue weighted by Crippen LogP contribution is 2.02. The summed E-state index contributed by atoms with van der Waals surface area (Å²) in [7, 11) is 3.03. The normalized spacial score (nSPS) is 9.32. The van der Waals surface area contributed by atoms with E-state index in [2.05, 4.69) is 0 Å². The van der Waals surface area contributed by atoms with Gasteiger partial charge in [0.2, 0.25) is 5.91 Å². The number of Topliss-reactive ketones (excluding diaryl/α,β-unsaturated/α-hetero) is 2. The zero-order chi connectivity index (χ0) is 15.3. The van der Waals surface area contributed by atoms with E-state index in [9.17, 15) is 14.4 Å². The van der Waals surface area contributed by atoms with Crippen molar-refractivity contribution in [2.75, 3.05) is 14.2 Å². The molecule has 5 heteroatoms. The van der Waals surface area contributed by atoms with E-state index >= 15 is 0 Å². The van der Waals surface area contributed by atoms with Gasteiger partial charge in [-0.05, 0) is 33.1 Å². The monoisotopic (exact) mass is 273 g/mol. The van der Waals surface area contributed by atoms with E-state index in [1.54, 1.807) is 20.9 Å². The highest BCUT2D eigenvalue weighted by molar-refractivity contribution is 5.76. The Labute approximate surface area is 116 Å². The standard InChI is InChI=1S/C9H17NO3.C5H10O/c1-8(11)6-4-5-7-9(12)10(2)13-3;1-3-4-5(2)6/h4-7H2,1-3H3;3-4H2,1-2H3. The fourth-order valence-electron chi connectivity index (χ4n) is 1.26. The second-order valence-corrected chi connectivity index (χ2v) is 4.43. The lowest BCUT2D eigenvalue weighted by atomic mass is 10.1. The first-order chi connectivity index (χ1) is 8.84. The molecule has 0 radical (unpaired) electrons. The third-order valence-electron chi connectivity index (χ3n) is 2.40. The van der Waals surface area contributed by atoms with Crippen molar-refractivity contribution in [1.29, 1.82) is 0 Å². The predicted octanol–water partition coefficient (Wildman–Crippen LogP) is 2.53. The first kappa shape index (κ1) is 20.1. The lowest BCUT2D eigenvalue weighted by Crippen LogP contribution is -2.24. The molecule has 0 aromatic rings. The van der Waals surface area contributed by atoms with Crippen LogP contribution in [0.1, 0.15) is 59.3 Å². The van der Waals surface area contributed by atoms with Crippen molar-refractivity contribution < 1.29 is 19.2 Å². The average Bonchev–Trinajstić information content (AvgIpc) is 2.33. The topological polar surface area (TPSA) is 63.7 Å². The van der Waals surface area contributed by atoms with E-state index in [1.807, 2.05) is 6.92 Å². The van der Waals surface area contributed by atoms with Gasteiger partial charge in [-0.3, -0.25) is 9.63 Å². The number of unbranched alkanes of at least 4 members (excludes halogenated alkanes) is 1. The second-order valence-electron chi connectivity index (χ2n) is 4.43. The zero-order valence-corrected chi connectivity index (χ0v) is 12.8. The summed E-state index contributed by atoms with van der Waals surface area (Å²) >= 11 is 0. The van der Waals surface area contributed by atoms with E-state index < -0.39 is 0 Å². The van der Waals surface area contributed by atoms with E-state index in [0.29, 0.717) is 12.8 Å². The maximum absolute atomic E-state index is 11.1. The molecule has 112 valence electrons. The molecule has 0 aromatic carbocycles. The van der Waals surface area contributed by atoms with Gasteiger partial charge < -0.3 is 9.59 Å². The minimum absolute atomic E-state index is 0.0500.